The third-order valence-corrected chi connectivity index (χ3v) is 2.61. The molecule has 0 saturated heterocycles. The SMILES string of the molecule is Cc1cnn(-c2cc(Br)cc(CN)c2)c1. The lowest BCUT2D eigenvalue weighted by Gasteiger charge is -2.05. The third-order valence-electron chi connectivity index (χ3n) is 2.15. The van der Waals surface area contributed by atoms with Crippen LogP contribution in [0.4, 0.5) is 0 Å². The Labute approximate surface area is 97.0 Å². The van der Waals surface area contributed by atoms with Gasteiger partial charge in [-0.1, -0.05) is 15.9 Å². The molecule has 0 aliphatic heterocycles. The Morgan fingerprint density at radius 3 is 2.80 bits per heavy atom. The molecule has 0 bridgehead atoms. The van der Waals surface area contributed by atoms with E-state index in [0.717, 1.165) is 21.3 Å². The Morgan fingerprint density at radius 1 is 1.40 bits per heavy atom. The molecule has 4 heteroatoms. The molecule has 2 N–H and O–H groups in total. The maximum Gasteiger partial charge on any atom is 0.0660 e. The van der Waals surface area contributed by atoms with Crippen LogP contribution in [0.15, 0.2) is 35.1 Å². The van der Waals surface area contributed by atoms with Gasteiger partial charge in [0.25, 0.3) is 0 Å². The smallest absolute Gasteiger partial charge is 0.0660 e. The zero-order valence-electron chi connectivity index (χ0n) is 8.44. The van der Waals surface area contributed by atoms with Gasteiger partial charge in [0.1, 0.15) is 0 Å². The van der Waals surface area contributed by atoms with Gasteiger partial charge in [-0.15, -0.1) is 0 Å². The molecule has 0 aliphatic rings. The van der Waals surface area contributed by atoms with Crippen molar-refractivity contribution >= 4 is 15.9 Å². The lowest BCUT2D eigenvalue weighted by Crippen LogP contribution is -2.00. The first kappa shape index (κ1) is 10.4. The Hall–Kier alpha value is -1.13. The fourth-order valence-electron chi connectivity index (χ4n) is 1.44. The molecular weight excluding hydrogens is 254 g/mol. The summed E-state index contributed by atoms with van der Waals surface area (Å²) in [5.74, 6) is 0. The Balaban J connectivity index is 2.48. The van der Waals surface area contributed by atoms with E-state index in [1.807, 2.05) is 42.2 Å². The first-order valence-corrected chi connectivity index (χ1v) is 5.49. The van der Waals surface area contributed by atoms with Gasteiger partial charge in [-0.25, -0.2) is 4.68 Å². The van der Waals surface area contributed by atoms with Crippen molar-refractivity contribution in [3.05, 3.63) is 46.2 Å². The number of hydrogen-bond acceptors (Lipinski definition) is 2. The van der Waals surface area contributed by atoms with Gasteiger partial charge in [0.2, 0.25) is 0 Å². The zero-order valence-corrected chi connectivity index (χ0v) is 10.0. The fourth-order valence-corrected chi connectivity index (χ4v) is 1.97. The average molecular weight is 266 g/mol. The van der Waals surface area contributed by atoms with E-state index < -0.39 is 0 Å². The summed E-state index contributed by atoms with van der Waals surface area (Å²) in [4.78, 5) is 0. The highest BCUT2D eigenvalue weighted by Gasteiger charge is 2.01. The van der Waals surface area contributed by atoms with E-state index >= 15 is 0 Å². The summed E-state index contributed by atoms with van der Waals surface area (Å²) in [7, 11) is 0. The van der Waals surface area contributed by atoms with Crippen LogP contribution in [0, 0.1) is 6.92 Å². The molecule has 0 saturated carbocycles. The molecule has 0 aliphatic carbocycles. The summed E-state index contributed by atoms with van der Waals surface area (Å²) in [6, 6.07) is 6.07. The van der Waals surface area contributed by atoms with Crippen LogP contribution < -0.4 is 5.73 Å². The third kappa shape index (κ3) is 2.27. The molecule has 1 aromatic heterocycles. The second-order valence-electron chi connectivity index (χ2n) is 3.48. The van der Waals surface area contributed by atoms with Crippen LogP contribution in [-0.2, 0) is 6.54 Å². The van der Waals surface area contributed by atoms with Crippen LogP contribution >= 0.6 is 15.9 Å². The van der Waals surface area contributed by atoms with E-state index in [1.54, 1.807) is 0 Å². The number of nitrogens with two attached hydrogens (primary N) is 1. The highest BCUT2D eigenvalue weighted by Crippen LogP contribution is 2.18. The number of halogens is 1. The van der Waals surface area contributed by atoms with Crippen molar-refractivity contribution in [2.75, 3.05) is 0 Å². The largest absolute Gasteiger partial charge is 0.326 e. The van der Waals surface area contributed by atoms with Gasteiger partial charge in [-0.05, 0) is 36.2 Å². The van der Waals surface area contributed by atoms with Gasteiger partial charge in [-0.3, -0.25) is 0 Å². The minimum absolute atomic E-state index is 0.534. The monoisotopic (exact) mass is 265 g/mol. The first-order chi connectivity index (χ1) is 7.19. The van der Waals surface area contributed by atoms with Crippen LogP contribution in [-0.4, -0.2) is 9.78 Å². The zero-order chi connectivity index (χ0) is 10.8. The molecule has 3 nitrogen and oxygen atoms in total. The van der Waals surface area contributed by atoms with Crippen LogP contribution in [0.25, 0.3) is 5.69 Å². The predicted octanol–water partition coefficient (Wildman–Crippen LogP) is 2.40. The summed E-state index contributed by atoms with van der Waals surface area (Å²) < 4.78 is 2.87. The highest BCUT2D eigenvalue weighted by atomic mass is 79.9. The Bertz CT molecular complexity index is 476. The van der Waals surface area contributed by atoms with Gasteiger partial charge >= 0.3 is 0 Å². The van der Waals surface area contributed by atoms with E-state index in [0.29, 0.717) is 6.54 Å². The second kappa shape index (κ2) is 4.16. The van der Waals surface area contributed by atoms with Crippen molar-refractivity contribution in [2.45, 2.75) is 13.5 Å². The van der Waals surface area contributed by atoms with Gasteiger partial charge in [0.15, 0.2) is 0 Å². The first-order valence-electron chi connectivity index (χ1n) is 4.70. The number of aromatic nitrogens is 2. The van der Waals surface area contributed by atoms with Gasteiger partial charge in [0.05, 0.1) is 11.9 Å². The molecule has 0 radical (unpaired) electrons. The van der Waals surface area contributed by atoms with Crippen molar-refractivity contribution in [1.29, 1.82) is 0 Å². The van der Waals surface area contributed by atoms with Crippen molar-refractivity contribution < 1.29 is 0 Å². The number of nitrogens with zero attached hydrogens (tertiary/aromatic N) is 2. The molecular formula is C11H12BrN3. The molecule has 0 amide bonds. The summed E-state index contributed by atoms with van der Waals surface area (Å²) in [6.45, 7) is 2.55. The van der Waals surface area contributed by atoms with E-state index in [1.165, 1.54) is 0 Å². The average Bonchev–Trinajstić information content (AvgIpc) is 2.64. The Kier molecular flexibility index (Phi) is 2.88. The molecule has 1 aromatic carbocycles. The maximum absolute atomic E-state index is 5.62. The summed E-state index contributed by atoms with van der Waals surface area (Å²) in [5.41, 5.74) is 8.88. The van der Waals surface area contributed by atoms with Crippen molar-refractivity contribution in [2.24, 2.45) is 5.73 Å². The predicted molar refractivity (Wildman–Crippen MR) is 63.9 cm³/mol. The number of benzene rings is 1. The summed E-state index contributed by atoms with van der Waals surface area (Å²) in [6.07, 6.45) is 3.82. The van der Waals surface area contributed by atoms with E-state index in [9.17, 15) is 0 Å². The van der Waals surface area contributed by atoms with Crippen LogP contribution in [0.1, 0.15) is 11.1 Å². The molecule has 0 unspecified atom stereocenters. The van der Waals surface area contributed by atoms with Crippen LogP contribution in [0.5, 0.6) is 0 Å². The van der Waals surface area contributed by atoms with Crippen LogP contribution in [0.2, 0.25) is 0 Å². The van der Waals surface area contributed by atoms with Gasteiger partial charge < -0.3 is 5.73 Å². The quantitative estimate of drug-likeness (QED) is 0.907. The van der Waals surface area contributed by atoms with E-state index in [-0.39, 0.29) is 0 Å². The van der Waals surface area contributed by atoms with E-state index in [4.69, 9.17) is 5.73 Å². The minimum atomic E-state index is 0.534. The number of aryl methyl sites for hydroxylation is 1. The molecule has 0 fully saturated rings. The standard InChI is InChI=1S/C11H12BrN3/c1-8-6-14-15(7-8)11-3-9(5-13)2-10(12)4-11/h2-4,6-7H,5,13H2,1H3. The molecule has 0 atom stereocenters. The fraction of sp³-hybridized carbons (Fsp3) is 0.182. The molecule has 2 aromatic rings. The van der Waals surface area contributed by atoms with Crippen molar-refractivity contribution in [3.63, 3.8) is 0 Å². The maximum atomic E-state index is 5.62. The molecule has 2 rings (SSSR count). The van der Waals surface area contributed by atoms with Crippen LogP contribution in [0.3, 0.4) is 0 Å². The van der Waals surface area contributed by atoms with Gasteiger partial charge in [0, 0.05) is 17.2 Å². The minimum Gasteiger partial charge on any atom is -0.326 e. The lowest BCUT2D eigenvalue weighted by atomic mass is 10.2. The van der Waals surface area contributed by atoms with Gasteiger partial charge in [-0.2, -0.15) is 5.10 Å². The summed E-state index contributed by atoms with van der Waals surface area (Å²) >= 11 is 3.46. The molecule has 1 heterocycles. The van der Waals surface area contributed by atoms with Crippen molar-refractivity contribution in [3.8, 4) is 5.69 Å². The van der Waals surface area contributed by atoms with E-state index in [2.05, 4.69) is 21.0 Å². The molecule has 78 valence electrons. The normalized spacial score (nSPS) is 10.6. The molecule has 15 heavy (non-hydrogen) atoms. The highest BCUT2D eigenvalue weighted by molar-refractivity contribution is 9.10. The second-order valence-corrected chi connectivity index (χ2v) is 4.40. The number of hydrogen-bond donors (Lipinski definition) is 1. The topological polar surface area (TPSA) is 43.8 Å². The molecule has 0 spiro atoms. The lowest BCUT2D eigenvalue weighted by molar-refractivity contribution is 0.875. The Morgan fingerprint density at radius 2 is 2.20 bits per heavy atom. The van der Waals surface area contributed by atoms with Crippen molar-refractivity contribution in [1.82, 2.24) is 9.78 Å². The summed E-state index contributed by atoms with van der Waals surface area (Å²) in [5, 5.41) is 4.26. The number of rotatable bonds is 2.